The van der Waals surface area contributed by atoms with Gasteiger partial charge in [-0.1, -0.05) is 18.0 Å². The number of carbonyl (C=O) groups excluding carboxylic acids is 1. The van der Waals surface area contributed by atoms with Gasteiger partial charge in [0.2, 0.25) is 0 Å². The SMILES string of the molecule is N#Cc1ccc(NC(=O)C[NH+]2CCCCCCC2)cc1Cl. The number of carbonyl (C=O) groups is 1. The van der Waals surface area contributed by atoms with Gasteiger partial charge in [0.05, 0.1) is 23.7 Å². The number of hydrogen-bond acceptors (Lipinski definition) is 2. The Morgan fingerprint density at radius 1 is 1.24 bits per heavy atom. The third kappa shape index (κ3) is 5.04. The number of nitriles is 1. The molecule has 0 atom stereocenters. The molecule has 1 aromatic rings. The molecule has 0 aliphatic carbocycles. The van der Waals surface area contributed by atoms with E-state index in [4.69, 9.17) is 16.9 Å². The molecule has 4 nitrogen and oxygen atoms in total. The zero-order valence-corrected chi connectivity index (χ0v) is 12.9. The number of rotatable bonds is 3. The molecule has 1 aliphatic rings. The normalized spacial score (nSPS) is 16.6. The Morgan fingerprint density at radius 2 is 1.90 bits per heavy atom. The lowest BCUT2D eigenvalue weighted by molar-refractivity contribution is -0.892. The first-order valence-electron chi connectivity index (χ1n) is 7.52. The number of quaternary nitrogens is 1. The van der Waals surface area contributed by atoms with Crippen LogP contribution in [0.15, 0.2) is 18.2 Å². The maximum atomic E-state index is 12.1. The van der Waals surface area contributed by atoms with Crippen LogP contribution in [0.5, 0.6) is 0 Å². The quantitative estimate of drug-likeness (QED) is 0.897. The summed E-state index contributed by atoms with van der Waals surface area (Å²) < 4.78 is 0. The highest BCUT2D eigenvalue weighted by Gasteiger charge is 2.16. The van der Waals surface area contributed by atoms with E-state index >= 15 is 0 Å². The van der Waals surface area contributed by atoms with Crippen LogP contribution in [0.2, 0.25) is 5.02 Å². The van der Waals surface area contributed by atoms with E-state index in [1.807, 2.05) is 6.07 Å². The van der Waals surface area contributed by atoms with Crippen molar-refractivity contribution in [1.82, 2.24) is 0 Å². The summed E-state index contributed by atoms with van der Waals surface area (Å²) in [7, 11) is 0. The van der Waals surface area contributed by atoms with E-state index in [1.165, 1.54) is 37.0 Å². The van der Waals surface area contributed by atoms with Crippen molar-refractivity contribution in [2.24, 2.45) is 0 Å². The Balaban J connectivity index is 1.88. The fraction of sp³-hybridized carbons (Fsp3) is 0.500. The number of halogens is 1. The molecule has 1 aromatic carbocycles. The van der Waals surface area contributed by atoms with Gasteiger partial charge in [-0.25, -0.2) is 0 Å². The largest absolute Gasteiger partial charge is 0.327 e. The molecular formula is C16H21ClN3O+. The molecule has 0 unspecified atom stereocenters. The van der Waals surface area contributed by atoms with Gasteiger partial charge >= 0.3 is 0 Å². The predicted molar refractivity (Wildman–Crippen MR) is 83.4 cm³/mol. The maximum Gasteiger partial charge on any atom is 0.279 e. The van der Waals surface area contributed by atoms with Crippen LogP contribution in [0, 0.1) is 11.3 Å². The second-order valence-electron chi connectivity index (χ2n) is 5.55. The number of amides is 1. The molecule has 2 N–H and O–H groups in total. The molecule has 112 valence electrons. The van der Waals surface area contributed by atoms with Gasteiger partial charge in [-0.05, 0) is 43.9 Å². The van der Waals surface area contributed by atoms with Gasteiger partial charge in [0.15, 0.2) is 6.54 Å². The molecule has 0 saturated carbocycles. The smallest absolute Gasteiger partial charge is 0.279 e. The molecule has 1 saturated heterocycles. The molecule has 2 rings (SSSR count). The molecule has 21 heavy (non-hydrogen) atoms. The van der Waals surface area contributed by atoms with Crippen molar-refractivity contribution in [1.29, 1.82) is 5.26 Å². The van der Waals surface area contributed by atoms with Gasteiger partial charge in [-0.2, -0.15) is 5.26 Å². The molecular weight excluding hydrogens is 286 g/mol. The molecule has 0 aromatic heterocycles. The molecule has 0 spiro atoms. The van der Waals surface area contributed by atoms with Crippen molar-refractivity contribution in [3.8, 4) is 6.07 Å². The highest BCUT2D eigenvalue weighted by atomic mass is 35.5. The van der Waals surface area contributed by atoms with Crippen LogP contribution in [-0.4, -0.2) is 25.5 Å². The van der Waals surface area contributed by atoms with E-state index < -0.39 is 0 Å². The average Bonchev–Trinajstić information content (AvgIpc) is 2.42. The minimum atomic E-state index is 0.00588. The number of hydrogen-bond donors (Lipinski definition) is 2. The predicted octanol–water partition coefficient (Wildman–Crippen LogP) is 2.00. The van der Waals surface area contributed by atoms with Gasteiger partial charge in [-0.3, -0.25) is 4.79 Å². The minimum absolute atomic E-state index is 0.00588. The van der Waals surface area contributed by atoms with E-state index in [-0.39, 0.29) is 5.91 Å². The van der Waals surface area contributed by atoms with Gasteiger partial charge in [0.1, 0.15) is 6.07 Å². The molecule has 0 radical (unpaired) electrons. The number of benzene rings is 1. The fourth-order valence-corrected chi connectivity index (χ4v) is 2.92. The molecule has 1 fully saturated rings. The summed E-state index contributed by atoms with van der Waals surface area (Å²) in [5, 5.41) is 12.1. The second kappa shape index (κ2) is 8.02. The number of nitrogens with zero attached hydrogens (tertiary/aromatic N) is 1. The van der Waals surface area contributed by atoms with Crippen molar-refractivity contribution < 1.29 is 9.69 Å². The first-order chi connectivity index (χ1) is 10.2. The lowest BCUT2D eigenvalue weighted by Crippen LogP contribution is -3.13. The van der Waals surface area contributed by atoms with Crippen LogP contribution in [0.4, 0.5) is 5.69 Å². The Hall–Kier alpha value is -1.57. The lowest BCUT2D eigenvalue weighted by Gasteiger charge is -2.21. The van der Waals surface area contributed by atoms with Gasteiger partial charge < -0.3 is 10.2 Å². The summed E-state index contributed by atoms with van der Waals surface area (Å²) in [6.07, 6.45) is 6.27. The van der Waals surface area contributed by atoms with Crippen LogP contribution < -0.4 is 10.2 Å². The van der Waals surface area contributed by atoms with Crippen LogP contribution in [0.25, 0.3) is 0 Å². The highest BCUT2D eigenvalue weighted by Crippen LogP contribution is 2.19. The zero-order valence-electron chi connectivity index (χ0n) is 12.1. The van der Waals surface area contributed by atoms with E-state index in [0.29, 0.717) is 22.8 Å². The Kier molecular flexibility index (Phi) is 6.04. The third-order valence-electron chi connectivity index (χ3n) is 3.84. The molecule has 5 heteroatoms. The summed E-state index contributed by atoms with van der Waals surface area (Å²) in [6, 6.07) is 6.97. The summed E-state index contributed by atoms with van der Waals surface area (Å²) in [4.78, 5) is 13.5. The topological polar surface area (TPSA) is 57.3 Å². The van der Waals surface area contributed by atoms with Crippen LogP contribution >= 0.6 is 11.6 Å². The first kappa shape index (κ1) is 15.8. The summed E-state index contributed by atoms with van der Waals surface area (Å²) in [6.45, 7) is 2.64. The Bertz CT molecular complexity index is 531. The molecule has 1 aliphatic heterocycles. The number of nitrogens with one attached hydrogen (secondary N) is 2. The molecule has 0 bridgehead atoms. The minimum Gasteiger partial charge on any atom is -0.327 e. The van der Waals surface area contributed by atoms with Crippen molar-refractivity contribution in [3.63, 3.8) is 0 Å². The Labute approximate surface area is 130 Å². The maximum absolute atomic E-state index is 12.1. The van der Waals surface area contributed by atoms with Crippen molar-refractivity contribution in [2.45, 2.75) is 32.1 Å². The van der Waals surface area contributed by atoms with Gasteiger partial charge in [0.25, 0.3) is 5.91 Å². The third-order valence-corrected chi connectivity index (χ3v) is 4.16. The standard InChI is InChI=1S/C16H20ClN3O/c17-15-10-14(7-6-13(15)11-18)19-16(21)12-20-8-4-2-1-3-5-9-20/h6-7,10H,1-5,8-9,12H2,(H,19,21)/p+1. The van der Waals surface area contributed by atoms with Gasteiger partial charge in [0, 0.05) is 5.69 Å². The summed E-state index contributed by atoms with van der Waals surface area (Å²) in [5.41, 5.74) is 1.07. The first-order valence-corrected chi connectivity index (χ1v) is 7.90. The highest BCUT2D eigenvalue weighted by molar-refractivity contribution is 6.32. The fourth-order valence-electron chi connectivity index (χ4n) is 2.70. The second-order valence-corrected chi connectivity index (χ2v) is 5.96. The number of anilines is 1. The van der Waals surface area contributed by atoms with E-state index in [0.717, 1.165) is 13.1 Å². The monoisotopic (exact) mass is 306 g/mol. The van der Waals surface area contributed by atoms with Crippen LogP contribution in [-0.2, 0) is 4.79 Å². The summed E-state index contributed by atoms with van der Waals surface area (Å²) >= 11 is 5.97. The average molecular weight is 307 g/mol. The number of likely N-dealkylation sites (tertiary alicyclic amines) is 1. The van der Waals surface area contributed by atoms with Crippen molar-refractivity contribution in [3.05, 3.63) is 28.8 Å². The van der Waals surface area contributed by atoms with Crippen LogP contribution in [0.3, 0.4) is 0 Å². The Morgan fingerprint density at radius 3 is 2.52 bits per heavy atom. The van der Waals surface area contributed by atoms with E-state index in [2.05, 4.69) is 5.32 Å². The van der Waals surface area contributed by atoms with Crippen LogP contribution in [0.1, 0.15) is 37.7 Å². The van der Waals surface area contributed by atoms with Gasteiger partial charge in [-0.15, -0.1) is 0 Å². The lowest BCUT2D eigenvalue weighted by atomic mass is 10.1. The summed E-state index contributed by atoms with van der Waals surface area (Å²) in [5.74, 6) is 0.00588. The van der Waals surface area contributed by atoms with E-state index in [1.54, 1.807) is 18.2 Å². The zero-order chi connectivity index (χ0) is 15.1. The van der Waals surface area contributed by atoms with Crippen molar-refractivity contribution in [2.75, 3.05) is 25.0 Å². The van der Waals surface area contributed by atoms with E-state index in [9.17, 15) is 4.79 Å². The molecule has 1 heterocycles. The molecule has 1 amide bonds. The van der Waals surface area contributed by atoms with Crippen molar-refractivity contribution >= 4 is 23.2 Å².